The predicted molar refractivity (Wildman–Crippen MR) is 131 cm³/mol. The fourth-order valence-electron chi connectivity index (χ4n) is 3.91. The van der Waals surface area contributed by atoms with E-state index < -0.39 is 0 Å². The number of nitrogens with zero attached hydrogens (tertiary/aromatic N) is 3. The number of benzene rings is 2. The van der Waals surface area contributed by atoms with Crippen LogP contribution in [-0.4, -0.2) is 21.8 Å². The third-order valence-corrected chi connectivity index (χ3v) is 5.65. The number of carbonyl (C=O) groups excluding carboxylic acids is 2. The van der Waals surface area contributed by atoms with E-state index in [-0.39, 0.29) is 18.4 Å². The smallest absolute Gasteiger partial charge is 0.260 e. The molecule has 0 spiro atoms. The molecular weight excluding hydrogens is 428 g/mol. The fraction of sp³-hybridized carbons (Fsp3) is 0.0769. The average Bonchev–Trinajstić information content (AvgIpc) is 3.05. The Morgan fingerprint density at radius 3 is 2.62 bits per heavy atom. The van der Waals surface area contributed by atoms with E-state index in [1.165, 1.54) is 6.20 Å². The van der Waals surface area contributed by atoms with Gasteiger partial charge in [-0.3, -0.25) is 9.59 Å². The van der Waals surface area contributed by atoms with Crippen molar-refractivity contribution in [2.45, 2.75) is 13.1 Å². The van der Waals surface area contributed by atoms with Crippen molar-refractivity contribution in [2.24, 2.45) is 5.73 Å². The lowest BCUT2D eigenvalue weighted by Gasteiger charge is -2.22. The van der Waals surface area contributed by atoms with Crippen LogP contribution in [-0.2, 0) is 13.1 Å². The molecule has 1 aliphatic heterocycles. The molecule has 0 fully saturated rings. The highest BCUT2D eigenvalue weighted by Gasteiger charge is 2.25. The Balaban J connectivity index is 1.39. The topological polar surface area (TPSA) is 113 Å². The van der Waals surface area contributed by atoms with E-state index >= 15 is 0 Å². The lowest BCUT2D eigenvalue weighted by atomic mass is 10.1. The van der Waals surface area contributed by atoms with Crippen LogP contribution in [0.2, 0.25) is 0 Å². The molecule has 1 aliphatic rings. The van der Waals surface area contributed by atoms with Gasteiger partial charge in [-0.1, -0.05) is 36.4 Å². The predicted octanol–water partition coefficient (Wildman–Crippen LogP) is 4.09. The minimum Gasteiger partial charge on any atom is -0.338 e. The van der Waals surface area contributed by atoms with Crippen LogP contribution in [0, 0.1) is 0 Å². The molecule has 0 aliphatic carbocycles. The number of aromatic nitrogens is 2. The average molecular weight is 451 g/mol. The number of rotatable bonds is 4. The Morgan fingerprint density at radius 1 is 0.971 bits per heavy atom. The van der Waals surface area contributed by atoms with E-state index in [0.717, 1.165) is 28.3 Å². The SMILES string of the molecule is NCc1ccccc1C(=O)Nc1ccc(C(=O)N2Cc3cccnc3Nc3ccccc32)cn1. The highest BCUT2D eigenvalue weighted by molar-refractivity contribution is 6.09. The zero-order chi connectivity index (χ0) is 23.5. The van der Waals surface area contributed by atoms with E-state index in [9.17, 15) is 9.59 Å². The molecule has 4 N–H and O–H groups in total. The summed E-state index contributed by atoms with van der Waals surface area (Å²) in [6, 6.07) is 21.8. The van der Waals surface area contributed by atoms with Gasteiger partial charge in [0.1, 0.15) is 11.6 Å². The van der Waals surface area contributed by atoms with Crippen LogP contribution in [0.4, 0.5) is 23.0 Å². The molecule has 0 saturated carbocycles. The van der Waals surface area contributed by atoms with E-state index in [1.807, 2.05) is 48.5 Å². The van der Waals surface area contributed by atoms with Crippen molar-refractivity contribution < 1.29 is 9.59 Å². The van der Waals surface area contributed by atoms with Crippen molar-refractivity contribution in [1.29, 1.82) is 0 Å². The van der Waals surface area contributed by atoms with Gasteiger partial charge in [0.15, 0.2) is 0 Å². The lowest BCUT2D eigenvalue weighted by Crippen LogP contribution is -2.30. The molecule has 2 aromatic carbocycles. The van der Waals surface area contributed by atoms with Gasteiger partial charge in [0, 0.05) is 30.1 Å². The molecule has 4 aromatic rings. The summed E-state index contributed by atoms with van der Waals surface area (Å²) in [5.74, 6) is 0.564. The molecule has 34 heavy (non-hydrogen) atoms. The van der Waals surface area contributed by atoms with Crippen LogP contribution in [0.25, 0.3) is 0 Å². The number of nitrogens with two attached hydrogens (primary N) is 1. The minimum absolute atomic E-state index is 0.204. The maximum absolute atomic E-state index is 13.5. The molecule has 5 rings (SSSR count). The number of fused-ring (bicyclic) bond motifs is 2. The van der Waals surface area contributed by atoms with Gasteiger partial charge in [-0.05, 0) is 42.0 Å². The Hall–Kier alpha value is -4.56. The van der Waals surface area contributed by atoms with Gasteiger partial charge < -0.3 is 21.3 Å². The van der Waals surface area contributed by atoms with Gasteiger partial charge in [-0.2, -0.15) is 0 Å². The van der Waals surface area contributed by atoms with Crippen LogP contribution in [0.5, 0.6) is 0 Å². The summed E-state index contributed by atoms with van der Waals surface area (Å²) in [6.45, 7) is 0.621. The largest absolute Gasteiger partial charge is 0.338 e. The fourth-order valence-corrected chi connectivity index (χ4v) is 3.91. The van der Waals surface area contributed by atoms with Crippen LogP contribution in [0.15, 0.2) is 85.2 Å². The highest BCUT2D eigenvalue weighted by atomic mass is 16.2. The summed E-state index contributed by atoms with van der Waals surface area (Å²) >= 11 is 0. The molecule has 8 heteroatoms. The first kappa shape index (κ1) is 21.3. The van der Waals surface area contributed by atoms with E-state index in [2.05, 4.69) is 20.6 Å². The zero-order valence-corrected chi connectivity index (χ0v) is 18.2. The molecule has 8 nitrogen and oxygen atoms in total. The quantitative estimate of drug-likeness (QED) is 0.432. The normalized spacial score (nSPS) is 12.1. The standard InChI is InChI=1S/C26H22N6O2/c27-14-17-6-1-2-8-20(17)25(33)31-23-12-11-18(15-29-23)26(34)32-16-19-7-5-13-28-24(19)30-21-9-3-4-10-22(21)32/h1-13,15H,14,16,27H2,(H,28,30)(H,29,31,33). The third-order valence-electron chi connectivity index (χ3n) is 5.65. The maximum Gasteiger partial charge on any atom is 0.260 e. The first-order valence-corrected chi connectivity index (χ1v) is 10.8. The van der Waals surface area contributed by atoms with Crippen molar-refractivity contribution in [2.75, 3.05) is 15.5 Å². The monoisotopic (exact) mass is 450 g/mol. The van der Waals surface area contributed by atoms with E-state index in [0.29, 0.717) is 23.5 Å². The van der Waals surface area contributed by atoms with Gasteiger partial charge in [-0.25, -0.2) is 9.97 Å². The summed E-state index contributed by atoms with van der Waals surface area (Å²) in [7, 11) is 0. The highest BCUT2D eigenvalue weighted by Crippen LogP contribution is 2.35. The van der Waals surface area contributed by atoms with Gasteiger partial charge in [0.2, 0.25) is 0 Å². The molecule has 0 saturated heterocycles. The number of hydrogen-bond acceptors (Lipinski definition) is 6. The number of hydrogen-bond donors (Lipinski definition) is 3. The molecule has 3 heterocycles. The summed E-state index contributed by atoms with van der Waals surface area (Å²) in [5.41, 5.74) is 9.83. The molecule has 0 atom stereocenters. The number of anilines is 4. The summed E-state index contributed by atoms with van der Waals surface area (Å²) in [4.78, 5) is 36.6. The molecule has 0 radical (unpaired) electrons. The maximum atomic E-state index is 13.5. The molecule has 0 unspecified atom stereocenters. The molecule has 2 aromatic heterocycles. The minimum atomic E-state index is -0.302. The molecular formula is C26H22N6O2. The lowest BCUT2D eigenvalue weighted by molar-refractivity contribution is 0.0984. The van der Waals surface area contributed by atoms with E-state index in [1.54, 1.807) is 35.4 Å². The van der Waals surface area contributed by atoms with Gasteiger partial charge in [0.25, 0.3) is 11.8 Å². The first-order chi connectivity index (χ1) is 16.6. The van der Waals surface area contributed by atoms with Gasteiger partial charge in [-0.15, -0.1) is 0 Å². The number of nitrogens with one attached hydrogen (secondary N) is 2. The van der Waals surface area contributed by atoms with Crippen LogP contribution in [0.3, 0.4) is 0 Å². The van der Waals surface area contributed by atoms with Crippen LogP contribution >= 0.6 is 0 Å². The number of amides is 2. The third kappa shape index (κ3) is 4.10. The molecule has 0 bridgehead atoms. The molecule has 2 amide bonds. The van der Waals surface area contributed by atoms with Gasteiger partial charge in [0.05, 0.1) is 23.5 Å². The van der Waals surface area contributed by atoms with Crippen molar-refractivity contribution in [3.63, 3.8) is 0 Å². The Bertz CT molecular complexity index is 1370. The second kappa shape index (κ2) is 9.13. The van der Waals surface area contributed by atoms with Crippen LogP contribution in [0.1, 0.15) is 31.8 Å². The number of carbonyl (C=O) groups is 2. The van der Waals surface area contributed by atoms with Crippen LogP contribution < -0.4 is 21.3 Å². The Labute approximate surface area is 196 Å². The number of pyridine rings is 2. The van der Waals surface area contributed by atoms with Crippen molar-refractivity contribution in [3.8, 4) is 0 Å². The first-order valence-electron chi connectivity index (χ1n) is 10.8. The summed E-state index contributed by atoms with van der Waals surface area (Å²) < 4.78 is 0. The second-order valence-electron chi connectivity index (χ2n) is 7.79. The summed E-state index contributed by atoms with van der Waals surface area (Å²) in [5, 5.41) is 6.09. The summed E-state index contributed by atoms with van der Waals surface area (Å²) in [6.07, 6.45) is 3.19. The zero-order valence-electron chi connectivity index (χ0n) is 18.2. The van der Waals surface area contributed by atoms with Crippen molar-refractivity contribution in [3.05, 3.63) is 107 Å². The Morgan fingerprint density at radius 2 is 1.79 bits per heavy atom. The Kier molecular flexibility index (Phi) is 5.72. The second-order valence-corrected chi connectivity index (χ2v) is 7.79. The van der Waals surface area contributed by atoms with Gasteiger partial charge >= 0.3 is 0 Å². The van der Waals surface area contributed by atoms with Crippen molar-refractivity contribution >= 4 is 34.8 Å². The van der Waals surface area contributed by atoms with E-state index in [4.69, 9.17) is 5.73 Å². The molecule has 168 valence electrons. The number of para-hydroxylation sites is 2. The van der Waals surface area contributed by atoms with Crippen molar-refractivity contribution in [1.82, 2.24) is 9.97 Å².